The zero-order valence-electron chi connectivity index (χ0n) is 25.2. The Morgan fingerprint density at radius 1 is 0.978 bits per heavy atom. The third-order valence-corrected chi connectivity index (χ3v) is 8.48. The predicted octanol–water partition coefficient (Wildman–Crippen LogP) is 4.54. The summed E-state index contributed by atoms with van der Waals surface area (Å²) >= 11 is 0. The Balaban J connectivity index is 1.46. The van der Waals surface area contributed by atoms with Crippen LogP contribution in [0.2, 0.25) is 0 Å². The van der Waals surface area contributed by atoms with E-state index in [0.717, 1.165) is 39.1 Å². The number of carbonyl (C=O) groups excluding carboxylic acids is 1. The van der Waals surface area contributed by atoms with Gasteiger partial charge < -0.3 is 29.7 Å². The number of amides is 1. The second-order valence-electron chi connectivity index (χ2n) is 10.7. The zero-order chi connectivity index (χ0) is 32.0. The molecule has 5 rings (SSSR count). The number of piperazine rings is 1. The van der Waals surface area contributed by atoms with E-state index in [2.05, 4.69) is 21.8 Å². The summed E-state index contributed by atoms with van der Waals surface area (Å²) < 4.78 is 53.4. The monoisotopic (exact) mass is 632 g/mol. The van der Waals surface area contributed by atoms with Crippen molar-refractivity contribution in [3.05, 3.63) is 89.6 Å². The molecule has 0 spiro atoms. The van der Waals surface area contributed by atoms with Gasteiger partial charge in [0.25, 0.3) is 10.1 Å². The number of likely N-dealkylation sites (N-methyl/N-ethyl adjacent to an activating group) is 1. The van der Waals surface area contributed by atoms with E-state index in [9.17, 15) is 17.8 Å². The molecule has 12 heteroatoms. The summed E-state index contributed by atoms with van der Waals surface area (Å²) in [5.74, 6) is 0.555. The van der Waals surface area contributed by atoms with Crippen LogP contribution in [0.1, 0.15) is 27.9 Å². The van der Waals surface area contributed by atoms with Gasteiger partial charge in [0.1, 0.15) is 16.4 Å². The number of ether oxygens (including phenoxy) is 3. The van der Waals surface area contributed by atoms with E-state index in [-0.39, 0.29) is 16.9 Å². The van der Waals surface area contributed by atoms with Crippen LogP contribution in [0.25, 0.3) is 21.9 Å². The van der Waals surface area contributed by atoms with Crippen molar-refractivity contribution in [2.24, 2.45) is 5.73 Å². The van der Waals surface area contributed by atoms with Gasteiger partial charge in [-0.25, -0.2) is 0 Å². The van der Waals surface area contributed by atoms with Crippen LogP contribution in [0.5, 0.6) is 23.0 Å². The number of methoxy groups -OCH3 is 1. The Labute approximate surface area is 262 Å². The Hall–Kier alpha value is -4.49. The van der Waals surface area contributed by atoms with Crippen LogP contribution in [-0.2, 0) is 10.1 Å². The molecule has 4 aromatic rings. The van der Waals surface area contributed by atoms with Crippen molar-refractivity contribution in [2.75, 3.05) is 53.5 Å². The molecule has 0 bridgehead atoms. The standard InChI is InChI=1S/C33H36N4O7S/c1-36-14-16-37(17-15-36)13-6-18-43-31-22-27-26(21-30(31)42-2)28(11-12-35-27)44-29-20-24(33(34)38)9-10-25(29)32(45(39,40)41)19-23-7-4-3-5-8-23/h3-5,7-12,19-22H,6,13-18H2,1-2H3,(H2,34,38)(H,39,40,41). The first-order chi connectivity index (χ1) is 21.6. The molecule has 45 heavy (non-hydrogen) atoms. The second kappa shape index (κ2) is 14.1. The molecule has 0 aliphatic carbocycles. The van der Waals surface area contributed by atoms with Crippen LogP contribution >= 0.6 is 0 Å². The largest absolute Gasteiger partial charge is 0.493 e. The summed E-state index contributed by atoms with van der Waals surface area (Å²) in [6.07, 6.45) is 3.72. The van der Waals surface area contributed by atoms with Gasteiger partial charge >= 0.3 is 0 Å². The molecule has 3 N–H and O–H groups in total. The molecule has 0 unspecified atom stereocenters. The highest BCUT2D eigenvalue weighted by atomic mass is 32.2. The van der Waals surface area contributed by atoms with Crippen LogP contribution in [0.15, 0.2) is 72.9 Å². The molecule has 11 nitrogen and oxygen atoms in total. The number of primary amides is 1. The van der Waals surface area contributed by atoms with Gasteiger partial charge in [0.15, 0.2) is 11.5 Å². The average Bonchev–Trinajstić information content (AvgIpc) is 3.02. The first-order valence-corrected chi connectivity index (χ1v) is 15.9. The van der Waals surface area contributed by atoms with Crippen molar-refractivity contribution in [3.8, 4) is 23.0 Å². The number of nitrogens with zero attached hydrogens (tertiary/aromatic N) is 3. The summed E-state index contributed by atoms with van der Waals surface area (Å²) in [6.45, 7) is 5.64. The Kier molecular flexibility index (Phi) is 9.99. The fourth-order valence-electron chi connectivity index (χ4n) is 5.11. The van der Waals surface area contributed by atoms with Crippen molar-refractivity contribution < 1.29 is 32.0 Å². The highest BCUT2D eigenvalue weighted by molar-refractivity contribution is 7.95. The van der Waals surface area contributed by atoms with Gasteiger partial charge in [-0.05, 0) is 55.4 Å². The number of nitrogens with two attached hydrogens (primary N) is 1. The third kappa shape index (κ3) is 7.97. The average molecular weight is 633 g/mol. The van der Waals surface area contributed by atoms with E-state index >= 15 is 0 Å². The topological polar surface area (TPSA) is 145 Å². The molecule has 1 aliphatic rings. The smallest absolute Gasteiger partial charge is 0.295 e. The van der Waals surface area contributed by atoms with Crippen molar-refractivity contribution in [3.63, 3.8) is 0 Å². The maximum atomic E-state index is 12.6. The minimum Gasteiger partial charge on any atom is -0.493 e. The van der Waals surface area contributed by atoms with Gasteiger partial charge in [0.2, 0.25) is 5.91 Å². The quantitative estimate of drug-likeness (QED) is 0.130. The Bertz CT molecular complexity index is 1810. The van der Waals surface area contributed by atoms with Crippen molar-refractivity contribution >= 4 is 37.9 Å². The van der Waals surface area contributed by atoms with Crippen LogP contribution < -0.4 is 19.9 Å². The molecule has 1 fully saturated rings. The predicted molar refractivity (Wildman–Crippen MR) is 173 cm³/mol. The second-order valence-corrected chi connectivity index (χ2v) is 12.1. The Morgan fingerprint density at radius 2 is 1.73 bits per heavy atom. The van der Waals surface area contributed by atoms with Gasteiger partial charge in [-0.3, -0.25) is 14.3 Å². The lowest BCUT2D eigenvalue weighted by molar-refractivity contribution is 0.1000. The molecule has 0 atom stereocenters. The molecule has 236 valence electrons. The van der Waals surface area contributed by atoms with Crippen molar-refractivity contribution in [2.45, 2.75) is 6.42 Å². The van der Waals surface area contributed by atoms with E-state index in [1.54, 1.807) is 54.7 Å². The number of aromatic nitrogens is 1. The molecular weight excluding hydrogens is 596 g/mol. The van der Waals surface area contributed by atoms with Crippen molar-refractivity contribution in [1.29, 1.82) is 0 Å². The maximum absolute atomic E-state index is 12.6. The fourth-order valence-corrected chi connectivity index (χ4v) is 5.84. The molecule has 1 aromatic heterocycles. The van der Waals surface area contributed by atoms with E-state index < -0.39 is 20.9 Å². The van der Waals surface area contributed by atoms with Gasteiger partial charge in [0.05, 0.1) is 19.2 Å². The Morgan fingerprint density at radius 3 is 2.42 bits per heavy atom. The first kappa shape index (κ1) is 31.9. The first-order valence-electron chi connectivity index (χ1n) is 14.5. The molecule has 2 heterocycles. The van der Waals surface area contributed by atoms with Gasteiger partial charge in [-0.2, -0.15) is 8.42 Å². The lowest BCUT2D eigenvalue weighted by Crippen LogP contribution is -2.44. The van der Waals surface area contributed by atoms with Crippen LogP contribution in [0.4, 0.5) is 0 Å². The van der Waals surface area contributed by atoms with Crippen LogP contribution in [0.3, 0.4) is 0 Å². The summed E-state index contributed by atoms with van der Waals surface area (Å²) in [5.41, 5.74) is 6.73. The highest BCUT2D eigenvalue weighted by Crippen LogP contribution is 2.40. The summed E-state index contributed by atoms with van der Waals surface area (Å²) in [4.78, 5) is 20.9. The van der Waals surface area contributed by atoms with E-state index in [0.29, 0.717) is 40.3 Å². The molecule has 1 saturated heterocycles. The van der Waals surface area contributed by atoms with Crippen LogP contribution in [0, 0.1) is 0 Å². The number of pyridine rings is 1. The number of hydrogen-bond acceptors (Lipinski definition) is 9. The highest BCUT2D eigenvalue weighted by Gasteiger charge is 2.23. The van der Waals surface area contributed by atoms with Crippen LogP contribution in [-0.4, -0.2) is 87.1 Å². The van der Waals surface area contributed by atoms with Gasteiger partial charge in [-0.1, -0.05) is 30.3 Å². The minimum atomic E-state index is -4.73. The molecule has 1 amide bonds. The normalized spacial score (nSPS) is 14.8. The van der Waals surface area contributed by atoms with Gasteiger partial charge in [0, 0.05) is 61.5 Å². The number of carbonyl (C=O) groups is 1. The number of hydrogen-bond donors (Lipinski definition) is 2. The number of benzene rings is 3. The molecule has 0 saturated carbocycles. The minimum absolute atomic E-state index is 0.0122. The molecule has 1 aliphatic heterocycles. The summed E-state index contributed by atoms with van der Waals surface area (Å²) in [6, 6.07) is 17.8. The molecular formula is C33H36N4O7S. The SMILES string of the molecule is COc1cc2c(Oc3cc(C(N)=O)ccc3C(=Cc3ccccc3)S(=O)(=O)O)ccnc2cc1OCCCN1CCN(C)CC1. The van der Waals surface area contributed by atoms with E-state index in [1.807, 2.05) is 0 Å². The number of fused-ring (bicyclic) bond motifs is 1. The van der Waals surface area contributed by atoms with Gasteiger partial charge in [-0.15, -0.1) is 0 Å². The lowest BCUT2D eigenvalue weighted by atomic mass is 10.1. The lowest BCUT2D eigenvalue weighted by Gasteiger charge is -2.32. The number of rotatable bonds is 12. The zero-order valence-corrected chi connectivity index (χ0v) is 26.0. The fraction of sp³-hybridized carbons (Fsp3) is 0.273. The van der Waals surface area contributed by atoms with E-state index in [4.69, 9.17) is 19.9 Å². The molecule has 0 radical (unpaired) electrons. The third-order valence-electron chi connectivity index (χ3n) is 7.59. The van der Waals surface area contributed by atoms with Crippen molar-refractivity contribution in [1.82, 2.24) is 14.8 Å². The van der Waals surface area contributed by atoms with E-state index in [1.165, 1.54) is 31.4 Å². The summed E-state index contributed by atoms with van der Waals surface area (Å²) in [5, 5.41) is 0.551. The maximum Gasteiger partial charge on any atom is 0.295 e. The summed E-state index contributed by atoms with van der Waals surface area (Å²) in [7, 11) is -1.06. The molecule has 3 aromatic carbocycles.